The van der Waals surface area contributed by atoms with E-state index in [1.165, 1.54) is 30.6 Å². The Balaban J connectivity index is 0.950. The average molecular weight is 733 g/mol. The van der Waals surface area contributed by atoms with E-state index in [0.717, 1.165) is 58.4 Å². The molecule has 5 aliphatic rings. The Bertz CT molecular complexity index is 2180. The van der Waals surface area contributed by atoms with E-state index >= 15 is 0 Å². The van der Waals surface area contributed by atoms with Crippen LogP contribution in [0.25, 0.3) is 21.3 Å². The number of benzene rings is 2. The second kappa shape index (κ2) is 13.3. The number of fused-ring (bicyclic) bond motifs is 2. The van der Waals surface area contributed by atoms with Crippen LogP contribution in [-0.4, -0.2) is 69.2 Å². The lowest BCUT2D eigenvalue weighted by molar-refractivity contribution is -0.200. The van der Waals surface area contributed by atoms with E-state index in [0.29, 0.717) is 66.6 Å². The Hall–Kier alpha value is -4.65. The summed E-state index contributed by atoms with van der Waals surface area (Å²) in [6, 6.07) is 17.4. The number of thiazole rings is 1. The number of aromatic carboxylic acids is 1. The molecule has 2 unspecified atom stereocenters. The third kappa shape index (κ3) is 6.30. The lowest BCUT2D eigenvalue weighted by Gasteiger charge is -2.61. The number of rotatable bonds is 11. The second-order valence-corrected chi connectivity index (χ2v) is 16.7. The fourth-order valence-electron chi connectivity index (χ4n) is 10.3. The van der Waals surface area contributed by atoms with Gasteiger partial charge in [0.05, 0.1) is 35.2 Å². The van der Waals surface area contributed by atoms with Crippen LogP contribution in [0.1, 0.15) is 76.2 Å². The van der Waals surface area contributed by atoms with Gasteiger partial charge < -0.3 is 19.5 Å². The molecule has 3 aromatic heterocycles. The number of pyridine rings is 1. The van der Waals surface area contributed by atoms with Crippen molar-refractivity contribution in [2.24, 2.45) is 17.3 Å². The zero-order valence-corrected chi connectivity index (χ0v) is 31.0. The molecule has 10 rings (SSSR count). The molecule has 4 fully saturated rings. The van der Waals surface area contributed by atoms with Crippen LogP contribution in [0.5, 0.6) is 0 Å². The summed E-state index contributed by atoms with van der Waals surface area (Å²) < 4.78 is 15.0. The number of carboxylic acid groups (broad SMARTS) is 1. The fourth-order valence-corrected chi connectivity index (χ4v) is 11.2. The fraction of sp³-hybridized carbons (Fsp3) is 0.439. The summed E-state index contributed by atoms with van der Waals surface area (Å²) in [5.41, 5.74) is 5.78. The van der Waals surface area contributed by atoms with Gasteiger partial charge in [0.15, 0.2) is 10.8 Å². The quantitative estimate of drug-likeness (QED) is 0.134. The summed E-state index contributed by atoms with van der Waals surface area (Å²) in [6.45, 7) is 5.16. The number of aromatic nitrogens is 4. The second-order valence-electron chi connectivity index (χ2n) is 15.7. The van der Waals surface area contributed by atoms with Crippen LogP contribution in [-0.2, 0) is 29.0 Å². The average Bonchev–Trinajstić information content (AvgIpc) is 3.71. The normalized spacial score (nSPS) is 24.5. The van der Waals surface area contributed by atoms with E-state index in [1.54, 1.807) is 13.3 Å². The Morgan fingerprint density at radius 3 is 2.62 bits per heavy atom. The maximum atomic E-state index is 13.6. The maximum absolute atomic E-state index is 13.6. The molecular weight excluding hydrogens is 689 g/mol. The van der Waals surface area contributed by atoms with Crippen LogP contribution in [0.15, 0.2) is 60.8 Å². The smallest absolute Gasteiger partial charge is 0.355 e. The minimum absolute atomic E-state index is 0.00175. The highest BCUT2D eigenvalue weighted by Gasteiger charge is 2.58. The zero-order valence-electron chi connectivity index (χ0n) is 30.1. The Kier molecular flexibility index (Phi) is 8.59. The number of carbonyl (C=O) groups excluding carboxylic acids is 1. The van der Waals surface area contributed by atoms with Gasteiger partial charge in [-0.1, -0.05) is 35.6 Å². The van der Waals surface area contributed by atoms with Crippen LogP contribution < -0.4 is 10.2 Å². The number of carbonyl (C=O) groups is 2. The van der Waals surface area contributed by atoms with Gasteiger partial charge in [-0.15, -0.1) is 0 Å². The highest BCUT2D eigenvalue weighted by molar-refractivity contribution is 7.22. The Labute approximate surface area is 312 Å². The molecule has 1 amide bonds. The summed E-state index contributed by atoms with van der Waals surface area (Å²) in [5.74, 6) is 0.617. The molecule has 11 nitrogen and oxygen atoms in total. The van der Waals surface area contributed by atoms with Crippen LogP contribution in [0, 0.1) is 24.2 Å². The minimum atomic E-state index is -1.08. The standard InChI is InChI=1S/C41H44N6O5S/c1-25-31(21-42-47(25)24-40-17-26-16-27(18-40)20-41(19-26,23-40)52-15-14-51-2)29-10-11-35(44-36(29)38(49)50)46-13-12-28-6-5-7-30(32(28)22-46)37(48)45-39-43-33-8-3-4-9-34(33)53-39/h3-11,21,26-27H,12-20,22-24H2,1-2H3,(H,49,50)(H,43,45,48). The third-order valence-corrected chi connectivity index (χ3v) is 13.1. The number of carboxylic acids is 1. The molecule has 5 aromatic rings. The first-order valence-electron chi connectivity index (χ1n) is 18.6. The summed E-state index contributed by atoms with van der Waals surface area (Å²) >= 11 is 1.44. The minimum Gasteiger partial charge on any atom is -0.476 e. The Morgan fingerprint density at radius 1 is 1.00 bits per heavy atom. The number of methoxy groups -OCH3 is 1. The van der Waals surface area contributed by atoms with Crippen molar-refractivity contribution in [3.63, 3.8) is 0 Å². The summed E-state index contributed by atoms with van der Waals surface area (Å²) in [6.07, 6.45) is 9.49. The van der Waals surface area contributed by atoms with Crippen molar-refractivity contribution in [1.29, 1.82) is 0 Å². The Morgan fingerprint density at radius 2 is 1.83 bits per heavy atom. The van der Waals surface area contributed by atoms with Crippen LogP contribution in [0.3, 0.4) is 0 Å². The van der Waals surface area contributed by atoms with E-state index in [4.69, 9.17) is 19.6 Å². The molecule has 4 aliphatic carbocycles. The van der Waals surface area contributed by atoms with Crippen LogP contribution >= 0.6 is 11.3 Å². The first-order chi connectivity index (χ1) is 25.7. The molecule has 4 saturated carbocycles. The van der Waals surface area contributed by atoms with Crippen molar-refractivity contribution < 1.29 is 24.2 Å². The van der Waals surface area contributed by atoms with Gasteiger partial charge >= 0.3 is 5.97 Å². The van der Waals surface area contributed by atoms with Gasteiger partial charge in [-0.05, 0) is 111 Å². The number of nitrogens with one attached hydrogen (secondary N) is 1. The van der Waals surface area contributed by atoms with Crippen molar-refractivity contribution in [3.8, 4) is 11.1 Å². The molecule has 274 valence electrons. The van der Waals surface area contributed by atoms with Crippen molar-refractivity contribution >= 4 is 44.4 Å². The predicted molar refractivity (Wildman–Crippen MR) is 204 cm³/mol. The molecule has 2 aromatic carbocycles. The van der Waals surface area contributed by atoms with Crippen molar-refractivity contribution in [2.45, 2.75) is 70.6 Å². The molecule has 0 spiro atoms. The van der Waals surface area contributed by atoms with Crippen molar-refractivity contribution in [2.75, 3.05) is 37.1 Å². The number of ether oxygens (including phenoxy) is 2. The molecular formula is C41H44N6O5S. The summed E-state index contributed by atoms with van der Waals surface area (Å²) in [4.78, 5) is 37.7. The largest absolute Gasteiger partial charge is 0.476 e. The molecule has 4 bridgehead atoms. The van der Waals surface area contributed by atoms with Gasteiger partial charge in [0.25, 0.3) is 5.91 Å². The van der Waals surface area contributed by atoms with Crippen molar-refractivity contribution in [3.05, 3.63) is 88.9 Å². The van der Waals surface area contributed by atoms with E-state index in [1.807, 2.05) is 55.5 Å². The van der Waals surface area contributed by atoms with Gasteiger partial charge in [0, 0.05) is 49.1 Å². The van der Waals surface area contributed by atoms with E-state index in [9.17, 15) is 14.7 Å². The predicted octanol–water partition coefficient (Wildman–Crippen LogP) is 7.38. The summed E-state index contributed by atoms with van der Waals surface area (Å²) in [7, 11) is 1.72. The zero-order chi connectivity index (χ0) is 36.3. The number of hydrogen-bond acceptors (Lipinski definition) is 9. The molecule has 0 saturated heterocycles. The van der Waals surface area contributed by atoms with E-state index < -0.39 is 5.97 Å². The van der Waals surface area contributed by atoms with Crippen LogP contribution in [0.4, 0.5) is 10.9 Å². The number of hydrogen-bond donors (Lipinski definition) is 2. The molecule has 2 N–H and O–H groups in total. The van der Waals surface area contributed by atoms with Gasteiger partial charge in [-0.3, -0.25) is 14.8 Å². The van der Waals surface area contributed by atoms with Gasteiger partial charge in [0.2, 0.25) is 0 Å². The maximum Gasteiger partial charge on any atom is 0.355 e. The third-order valence-electron chi connectivity index (χ3n) is 12.1. The van der Waals surface area contributed by atoms with Gasteiger partial charge in [-0.25, -0.2) is 14.8 Å². The molecule has 0 radical (unpaired) electrons. The lowest BCUT2D eigenvalue weighted by atomic mass is 9.48. The summed E-state index contributed by atoms with van der Waals surface area (Å²) in [5, 5.41) is 18.9. The van der Waals surface area contributed by atoms with Crippen molar-refractivity contribution in [1.82, 2.24) is 19.7 Å². The molecule has 2 atom stereocenters. The number of nitrogens with zero attached hydrogens (tertiary/aromatic N) is 5. The highest BCUT2D eigenvalue weighted by Crippen LogP contribution is 2.63. The molecule has 53 heavy (non-hydrogen) atoms. The molecule has 1 aliphatic heterocycles. The first-order valence-corrected chi connectivity index (χ1v) is 19.4. The number of anilines is 2. The molecule has 4 heterocycles. The highest BCUT2D eigenvalue weighted by atomic mass is 32.1. The van der Waals surface area contributed by atoms with Crippen LogP contribution in [0.2, 0.25) is 0 Å². The number of amides is 1. The van der Waals surface area contributed by atoms with E-state index in [-0.39, 0.29) is 22.6 Å². The first kappa shape index (κ1) is 34.1. The topological polar surface area (TPSA) is 132 Å². The van der Waals surface area contributed by atoms with E-state index in [2.05, 4.69) is 25.9 Å². The monoisotopic (exact) mass is 732 g/mol. The molecule has 12 heteroatoms. The number of para-hydroxylation sites is 1. The lowest BCUT2D eigenvalue weighted by Crippen LogP contribution is -2.58. The SMILES string of the molecule is COCCOC12CC3CC(CC(Cn4ncc(-c5ccc(N6CCc7cccc(C(=O)Nc8nc9ccccc9s8)c7C6)nc5C(=O)O)c4C)(C3)C1)C2. The van der Waals surface area contributed by atoms with Gasteiger partial charge in [0.1, 0.15) is 5.82 Å². The van der Waals surface area contributed by atoms with Gasteiger partial charge in [-0.2, -0.15) is 5.10 Å².